The maximum atomic E-state index is 12.0. The third kappa shape index (κ3) is 2.07. The Labute approximate surface area is 111 Å². The van der Waals surface area contributed by atoms with Crippen molar-refractivity contribution >= 4 is 39.7 Å². The molecule has 0 atom stereocenters. The van der Waals surface area contributed by atoms with E-state index in [1.54, 1.807) is 24.3 Å². The summed E-state index contributed by atoms with van der Waals surface area (Å²) in [5.41, 5.74) is 1.73. The van der Waals surface area contributed by atoms with Gasteiger partial charge in [0.25, 0.3) is 0 Å². The summed E-state index contributed by atoms with van der Waals surface area (Å²) in [5, 5.41) is 6.36. The molecule has 0 fully saturated rings. The second kappa shape index (κ2) is 4.75. The number of carbonyl (C=O) groups is 1. The smallest absolute Gasteiger partial charge is 0.305 e. The number of carbonyl (C=O) groups excluding carboxylic acids is 1. The Balaban J connectivity index is 0.00000120. The van der Waals surface area contributed by atoms with Crippen molar-refractivity contribution in [2.75, 3.05) is 0 Å². The monoisotopic (exact) mass is 281 g/mol. The van der Waals surface area contributed by atoms with Crippen molar-refractivity contribution in [2.45, 2.75) is 0 Å². The molecule has 0 bridgehead atoms. The number of aromatic nitrogens is 3. The first kappa shape index (κ1) is 12.5. The minimum absolute atomic E-state index is 0. The number of benzene rings is 1. The SMILES string of the molecule is Cl.O=C(c1ccc2[nH]c(=O)sc2c1)c1ccn[nH]1. The zero-order chi connectivity index (χ0) is 11.8. The number of hydrogen-bond donors (Lipinski definition) is 2. The number of aromatic amines is 2. The summed E-state index contributed by atoms with van der Waals surface area (Å²) in [4.78, 5) is 25.7. The first-order chi connectivity index (χ1) is 8.24. The molecule has 0 amide bonds. The largest absolute Gasteiger partial charge is 0.312 e. The number of hydrogen-bond acceptors (Lipinski definition) is 4. The zero-order valence-corrected chi connectivity index (χ0v) is 10.6. The van der Waals surface area contributed by atoms with Crippen LogP contribution in [0.5, 0.6) is 0 Å². The first-order valence-corrected chi connectivity index (χ1v) is 5.72. The molecule has 0 saturated heterocycles. The van der Waals surface area contributed by atoms with Gasteiger partial charge in [0.15, 0.2) is 0 Å². The Morgan fingerprint density at radius 2 is 2.11 bits per heavy atom. The highest BCUT2D eigenvalue weighted by Crippen LogP contribution is 2.18. The topological polar surface area (TPSA) is 78.6 Å². The maximum absolute atomic E-state index is 12.0. The van der Waals surface area contributed by atoms with Crippen LogP contribution < -0.4 is 4.87 Å². The van der Waals surface area contributed by atoms with Crippen LogP contribution in [0.1, 0.15) is 16.1 Å². The lowest BCUT2D eigenvalue weighted by atomic mass is 10.1. The van der Waals surface area contributed by atoms with E-state index in [-0.39, 0.29) is 23.1 Å². The first-order valence-electron chi connectivity index (χ1n) is 4.91. The van der Waals surface area contributed by atoms with E-state index >= 15 is 0 Å². The third-order valence-electron chi connectivity index (χ3n) is 2.43. The quantitative estimate of drug-likeness (QED) is 0.705. The second-order valence-corrected chi connectivity index (χ2v) is 4.54. The Kier molecular flexibility index (Phi) is 3.31. The second-order valence-electron chi connectivity index (χ2n) is 3.52. The summed E-state index contributed by atoms with van der Waals surface area (Å²) in [5.74, 6) is -0.134. The number of ketones is 1. The Bertz CT molecular complexity index is 745. The zero-order valence-electron chi connectivity index (χ0n) is 8.97. The summed E-state index contributed by atoms with van der Waals surface area (Å²) in [6, 6.07) is 6.75. The molecule has 0 aliphatic heterocycles. The molecule has 18 heavy (non-hydrogen) atoms. The molecule has 0 saturated carbocycles. The molecule has 0 aliphatic carbocycles. The molecule has 2 aromatic heterocycles. The van der Waals surface area contributed by atoms with Crippen molar-refractivity contribution in [3.8, 4) is 0 Å². The molecule has 3 rings (SSSR count). The fourth-order valence-electron chi connectivity index (χ4n) is 1.62. The summed E-state index contributed by atoms with van der Waals surface area (Å²) in [6.07, 6.45) is 1.53. The van der Waals surface area contributed by atoms with Crippen LogP contribution >= 0.6 is 23.7 Å². The average Bonchev–Trinajstić information content (AvgIpc) is 2.94. The van der Waals surface area contributed by atoms with Crippen LogP contribution in [0.2, 0.25) is 0 Å². The van der Waals surface area contributed by atoms with E-state index in [1.807, 2.05) is 0 Å². The van der Waals surface area contributed by atoms with E-state index < -0.39 is 0 Å². The van der Waals surface area contributed by atoms with Gasteiger partial charge in [0, 0.05) is 11.8 Å². The maximum Gasteiger partial charge on any atom is 0.305 e. The van der Waals surface area contributed by atoms with Crippen LogP contribution in [0.4, 0.5) is 0 Å². The molecule has 2 N–H and O–H groups in total. The molecule has 7 heteroatoms. The molecule has 0 unspecified atom stereocenters. The molecule has 0 radical (unpaired) electrons. The molecule has 0 spiro atoms. The van der Waals surface area contributed by atoms with Crippen LogP contribution in [-0.2, 0) is 0 Å². The van der Waals surface area contributed by atoms with E-state index in [4.69, 9.17) is 0 Å². The fourth-order valence-corrected chi connectivity index (χ4v) is 2.40. The lowest BCUT2D eigenvalue weighted by Crippen LogP contribution is -2.01. The van der Waals surface area contributed by atoms with Crippen LogP contribution in [0.15, 0.2) is 35.3 Å². The molecular weight excluding hydrogens is 274 g/mol. The van der Waals surface area contributed by atoms with Gasteiger partial charge in [-0.15, -0.1) is 12.4 Å². The standard InChI is InChI=1S/C11H7N3O2S.ClH/c15-10(8-3-4-12-14-8)6-1-2-7-9(5-6)17-11(16)13-7;/h1-5H,(H,12,14)(H,13,16);1H. The minimum Gasteiger partial charge on any atom is -0.312 e. The number of nitrogens with one attached hydrogen (secondary N) is 2. The van der Waals surface area contributed by atoms with E-state index in [9.17, 15) is 9.59 Å². The lowest BCUT2D eigenvalue weighted by molar-refractivity contribution is 0.103. The van der Waals surface area contributed by atoms with Gasteiger partial charge in [-0.25, -0.2) is 0 Å². The Morgan fingerprint density at radius 3 is 2.83 bits per heavy atom. The van der Waals surface area contributed by atoms with Crippen LogP contribution in [-0.4, -0.2) is 21.0 Å². The van der Waals surface area contributed by atoms with E-state index in [0.29, 0.717) is 11.3 Å². The summed E-state index contributed by atoms with van der Waals surface area (Å²) in [6.45, 7) is 0. The number of thiazole rings is 1. The van der Waals surface area contributed by atoms with Gasteiger partial charge in [-0.1, -0.05) is 11.3 Å². The van der Waals surface area contributed by atoms with Crippen molar-refractivity contribution in [3.63, 3.8) is 0 Å². The normalized spacial score (nSPS) is 10.2. The van der Waals surface area contributed by atoms with E-state index in [0.717, 1.165) is 21.6 Å². The highest BCUT2D eigenvalue weighted by Gasteiger charge is 2.11. The predicted molar refractivity (Wildman–Crippen MR) is 71.7 cm³/mol. The van der Waals surface area contributed by atoms with Crippen molar-refractivity contribution in [1.82, 2.24) is 15.2 Å². The number of fused-ring (bicyclic) bond motifs is 1. The molecule has 92 valence electrons. The van der Waals surface area contributed by atoms with Gasteiger partial charge in [0.05, 0.1) is 10.2 Å². The van der Waals surface area contributed by atoms with Crippen molar-refractivity contribution in [1.29, 1.82) is 0 Å². The van der Waals surface area contributed by atoms with Crippen molar-refractivity contribution < 1.29 is 4.79 Å². The molecule has 2 heterocycles. The van der Waals surface area contributed by atoms with Gasteiger partial charge in [0.2, 0.25) is 5.78 Å². The van der Waals surface area contributed by atoms with Crippen LogP contribution in [0.3, 0.4) is 0 Å². The third-order valence-corrected chi connectivity index (χ3v) is 3.27. The molecule has 3 aromatic rings. The predicted octanol–water partition coefficient (Wildman–Crippen LogP) is 1.97. The van der Waals surface area contributed by atoms with Crippen molar-refractivity contribution in [3.05, 3.63) is 51.4 Å². The molecule has 1 aromatic carbocycles. The van der Waals surface area contributed by atoms with Gasteiger partial charge in [0.1, 0.15) is 5.69 Å². The van der Waals surface area contributed by atoms with E-state index in [1.165, 1.54) is 6.20 Å². The van der Waals surface area contributed by atoms with Gasteiger partial charge >= 0.3 is 4.87 Å². The number of H-pyrrole nitrogens is 2. The van der Waals surface area contributed by atoms with Crippen molar-refractivity contribution in [2.24, 2.45) is 0 Å². The van der Waals surface area contributed by atoms with Crippen LogP contribution in [0, 0.1) is 0 Å². The highest BCUT2D eigenvalue weighted by molar-refractivity contribution is 7.16. The summed E-state index contributed by atoms with van der Waals surface area (Å²) >= 11 is 1.09. The molecule has 0 aliphatic rings. The van der Waals surface area contributed by atoms with Gasteiger partial charge in [-0.2, -0.15) is 5.10 Å². The lowest BCUT2D eigenvalue weighted by Gasteiger charge is -1.97. The average molecular weight is 282 g/mol. The highest BCUT2D eigenvalue weighted by atomic mass is 35.5. The summed E-state index contributed by atoms with van der Waals surface area (Å²) < 4.78 is 0.778. The molecule has 5 nitrogen and oxygen atoms in total. The van der Waals surface area contributed by atoms with Gasteiger partial charge in [-0.05, 0) is 24.3 Å². The fraction of sp³-hybridized carbons (Fsp3) is 0. The Hall–Kier alpha value is -1.92. The van der Waals surface area contributed by atoms with Gasteiger partial charge < -0.3 is 4.98 Å². The van der Waals surface area contributed by atoms with E-state index in [2.05, 4.69) is 15.2 Å². The molecular formula is C11H8ClN3O2S. The number of rotatable bonds is 2. The van der Waals surface area contributed by atoms with Crippen LogP contribution in [0.25, 0.3) is 10.2 Å². The summed E-state index contributed by atoms with van der Waals surface area (Å²) in [7, 11) is 0. The van der Waals surface area contributed by atoms with Gasteiger partial charge in [-0.3, -0.25) is 14.7 Å². The minimum atomic E-state index is -0.134. The number of nitrogens with zero attached hydrogens (tertiary/aromatic N) is 1. The Morgan fingerprint density at radius 1 is 1.28 bits per heavy atom. The number of halogens is 1.